The van der Waals surface area contributed by atoms with Gasteiger partial charge in [-0.25, -0.2) is 4.98 Å². The molecule has 2 heterocycles. The summed E-state index contributed by atoms with van der Waals surface area (Å²) in [7, 11) is 2.04. The average Bonchev–Trinajstić information content (AvgIpc) is 2.96. The summed E-state index contributed by atoms with van der Waals surface area (Å²) in [6, 6.07) is 4.23. The van der Waals surface area contributed by atoms with Gasteiger partial charge in [0.2, 0.25) is 0 Å². The van der Waals surface area contributed by atoms with Gasteiger partial charge >= 0.3 is 0 Å². The second kappa shape index (κ2) is 5.43. The lowest BCUT2D eigenvalue weighted by Crippen LogP contribution is -2.19. The van der Waals surface area contributed by atoms with E-state index in [1.54, 1.807) is 28.9 Å². The summed E-state index contributed by atoms with van der Waals surface area (Å²) in [6.45, 7) is 1.04. The monoisotopic (exact) mass is 254 g/mol. The maximum atomic E-state index is 8.97. The highest BCUT2D eigenvalue weighted by atomic mass is 32.1. The van der Waals surface area contributed by atoms with Gasteiger partial charge in [0.05, 0.1) is 11.5 Å². The van der Waals surface area contributed by atoms with Crippen LogP contribution < -0.4 is 4.90 Å². The molecule has 2 rings (SSSR count). The zero-order valence-electron chi connectivity index (χ0n) is 9.09. The van der Waals surface area contributed by atoms with Crippen LogP contribution in [0, 0.1) is 0 Å². The Labute approximate surface area is 103 Å². The largest absolute Gasteiger partial charge is 0.391 e. The molecular formula is C11H14N2OS2. The van der Waals surface area contributed by atoms with Crippen molar-refractivity contribution in [2.75, 3.05) is 18.5 Å². The van der Waals surface area contributed by atoms with Crippen LogP contribution in [0.25, 0.3) is 0 Å². The van der Waals surface area contributed by atoms with Gasteiger partial charge in [-0.05, 0) is 17.9 Å². The molecule has 16 heavy (non-hydrogen) atoms. The third-order valence-electron chi connectivity index (χ3n) is 2.30. The van der Waals surface area contributed by atoms with Gasteiger partial charge in [0.1, 0.15) is 0 Å². The van der Waals surface area contributed by atoms with Crippen LogP contribution in [-0.4, -0.2) is 23.7 Å². The molecule has 0 radical (unpaired) electrons. The molecule has 1 N–H and O–H groups in total. The van der Waals surface area contributed by atoms with E-state index in [-0.39, 0.29) is 6.61 Å². The van der Waals surface area contributed by atoms with Crippen LogP contribution in [0.3, 0.4) is 0 Å². The lowest BCUT2D eigenvalue weighted by molar-refractivity contribution is 0.285. The molecule has 0 aliphatic rings. The summed E-state index contributed by atoms with van der Waals surface area (Å²) in [5.74, 6) is 0. The third-order valence-corrected chi connectivity index (χ3v) is 4.33. The van der Waals surface area contributed by atoms with Crippen LogP contribution in [0.5, 0.6) is 0 Å². The smallest absolute Gasteiger partial charge is 0.185 e. The highest BCUT2D eigenvalue weighted by molar-refractivity contribution is 7.15. The number of nitrogens with zero attached hydrogens (tertiary/aromatic N) is 2. The van der Waals surface area contributed by atoms with Gasteiger partial charge in [-0.1, -0.05) is 17.4 Å². The molecule has 2 aromatic heterocycles. The Morgan fingerprint density at radius 1 is 1.44 bits per heavy atom. The molecule has 0 aliphatic carbocycles. The molecule has 0 saturated carbocycles. The van der Waals surface area contributed by atoms with Crippen LogP contribution in [-0.2, 0) is 13.0 Å². The Morgan fingerprint density at radius 3 is 2.94 bits per heavy atom. The fourth-order valence-electron chi connectivity index (χ4n) is 1.38. The van der Waals surface area contributed by atoms with Crippen LogP contribution in [0.1, 0.15) is 9.75 Å². The quantitative estimate of drug-likeness (QED) is 0.890. The molecule has 3 nitrogen and oxygen atoms in total. The van der Waals surface area contributed by atoms with Gasteiger partial charge in [0, 0.05) is 24.7 Å². The maximum Gasteiger partial charge on any atom is 0.185 e. The molecule has 0 atom stereocenters. The predicted molar refractivity (Wildman–Crippen MR) is 69.3 cm³/mol. The van der Waals surface area contributed by atoms with Crippen LogP contribution >= 0.6 is 22.7 Å². The molecule has 0 saturated heterocycles. The number of aromatic nitrogens is 1. The molecule has 86 valence electrons. The summed E-state index contributed by atoms with van der Waals surface area (Å²) in [5.41, 5.74) is 0. The normalized spacial score (nSPS) is 10.6. The van der Waals surface area contributed by atoms with E-state index in [9.17, 15) is 0 Å². The van der Waals surface area contributed by atoms with E-state index in [1.165, 1.54) is 4.88 Å². The number of aliphatic hydroxyl groups excluding tert-OH is 1. The molecule has 0 amide bonds. The number of anilines is 1. The molecule has 0 fully saturated rings. The fraction of sp³-hybridized carbons (Fsp3) is 0.364. The van der Waals surface area contributed by atoms with Gasteiger partial charge in [0.25, 0.3) is 0 Å². The summed E-state index contributed by atoms with van der Waals surface area (Å²) in [6.07, 6.45) is 2.78. The van der Waals surface area contributed by atoms with Gasteiger partial charge in [-0.2, -0.15) is 0 Å². The van der Waals surface area contributed by atoms with Crippen molar-refractivity contribution in [2.45, 2.75) is 13.0 Å². The van der Waals surface area contributed by atoms with Crippen molar-refractivity contribution in [3.8, 4) is 0 Å². The lowest BCUT2D eigenvalue weighted by Gasteiger charge is -2.14. The van der Waals surface area contributed by atoms with E-state index < -0.39 is 0 Å². The van der Waals surface area contributed by atoms with Crippen molar-refractivity contribution < 1.29 is 5.11 Å². The standard InChI is InChI=1S/C11H14N2OS2/c1-13(5-4-9-3-2-6-15-9)11-12-7-10(8-14)16-11/h2-3,6-7,14H,4-5,8H2,1H3. The van der Waals surface area contributed by atoms with Crippen molar-refractivity contribution in [1.82, 2.24) is 4.98 Å². The Morgan fingerprint density at radius 2 is 2.31 bits per heavy atom. The van der Waals surface area contributed by atoms with Gasteiger partial charge < -0.3 is 10.0 Å². The van der Waals surface area contributed by atoms with Gasteiger partial charge in [-0.15, -0.1) is 11.3 Å². The van der Waals surface area contributed by atoms with Gasteiger partial charge in [-0.3, -0.25) is 0 Å². The summed E-state index contributed by atoms with van der Waals surface area (Å²) >= 11 is 3.33. The number of thiazole rings is 1. The first-order valence-corrected chi connectivity index (χ1v) is 6.78. The summed E-state index contributed by atoms with van der Waals surface area (Å²) in [4.78, 5) is 8.71. The minimum absolute atomic E-state index is 0.0798. The van der Waals surface area contributed by atoms with Crippen molar-refractivity contribution in [3.63, 3.8) is 0 Å². The highest BCUT2D eigenvalue weighted by Crippen LogP contribution is 2.21. The molecule has 0 bridgehead atoms. The second-order valence-corrected chi connectivity index (χ2v) is 5.64. The number of hydrogen-bond donors (Lipinski definition) is 1. The molecule has 0 aromatic carbocycles. The second-order valence-electron chi connectivity index (χ2n) is 3.52. The SMILES string of the molecule is CN(CCc1cccs1)c1ncc(CO)s1. The maximum absolute atomic E-state index is 8.97. The van der Waals surface area contributed by atoms with E-state index in [1.807, 2.05) is 7.05 Å². The number of rotatable bonds is 5. The Balaban J connectivity index is 1.90. The Kier molecular flexibility index (Phi) is 3.93. The molecule has 2 aromatic rings. The average molecular weight is 254 g/mol. The zero-order chi connectivity index (χ0) is 11.4. The molecule has 0 unspecified atom stereocenters. The first kappa shape index (κ1) is 11.6. The van der Waals surface area contributed by atoms with Gasteiger partial charge in [0.15, 0.2) is 5.13 Å². The van der Waals surface area contributed by atoms with Crippen LogP contribution in [0.15, 0.2) is 23.7 Å². The molecule has 0 aliphatic heterocycles. The van der Waals surface area contributed by atoms with Crippen molar-refractivity contribution in [1.29, 1.82) is 0 Å². The molecule has 5 heteroatoms. The third kappa shape index (κ3) is 2.81. The van der Waals surface area contributed by atoms with E-state index in [0.29, 0.717) is 0 Å². The van der Waals surface area contributed by atoms with Crippen LogP contribution in [0.2, 0.25) is 0 Å². The minimum Gasteiger partial charge on any atom is -0.391 e. The minimum atomic E-state index is 0.0798. The molecule has 0 spiro atoms. The molecular weight excluding hydrogens is 240 g/mol. The zero-order valence-corrected chi connectivity index (χ0v) is 10.7. The fourth-order valence-corrected chi connectivity index (χ4v) is 2.83. The van der Waals surface area contributed by atoms with E-state index in [2.05, 4.69) is 27.4 Å². The highest BCUT2D eigenvalue weighted by Gasteiger charge is 2.06. The van der Waals surface area contributed by atoms with Crippen molar-refractivity contribution in [3.05, 3.63) is 33.5 Å². The Bertz CT molecular complexity index is 425. The topological polar surface area (TPSA) is 36.4 Å². The number of likely N-dealkylation sites (N-methyl/N-ethyl adjacent to an activating group) is 1. The Hall–Kier alpha value is -0.910. The first-order chi connectivity index (χ1) is 7.79. The van der Waals surface area contributed by atoms with Crippen molar-refractivity contribution >= 4 is 27.8 Å². The van der Waals surface area contributed by atoms with E-state index in [0.717, 1.165) is 23.0 Å². The predicted octanol–water partition coefficient (Wildman–Crippen LogP) is 2.38. The summed E-state index contributed by atoms with van der Waals surface area (Å²) < 4.78 is 0. The van der Waals surface area contributed by atoms with Crippen molar-refractivity contribution in [2.24, 2.45) is 0 Å². The number of aliphatic hydroxyl groups is 1. The van der Waals surface area contributed by atoms with E-state index in [4.69, 9.17) is 5.11 Å². The lowest BCUT2D eigenvalue weighted by atomic mass is 10.3. The number of thiophene rings is 1. The number of hydrogen-bond acceptors (Lipinski definition) is 5. The first-order valence-electron chi connectivity index (χ1n) is 5.08. The van der Waals surface area contributed by atoms with Crippen LogP contribution in [0.4, 0.5) is 5.13 Å². The van der Waals surface area contributed by atoms with E-state index >= 15 is 0 Å². The summed E-state index contributed by atoms with van der Waals surface area (Å²) in [5, 5.41) is 12.0.